The van der Waals surface area contributed by atoms with Gasteiger partial charge in [0.05, 0.1) is 0 Å². The molecule has 0 aliphatic heterocycles. The van der Waals surface area contributed by atoms with Gasteiger partial charge in [0.1, 0.15) is 0 Å². The minimum Gasteiger partial charge on any atom is -0.481 e. The van der Waals surface area contributed by atoms with Crippen LogP contribution in [-0.2, 0) is 4.79 Å². The highest BCUT2D eigenvalue weighted by molar-refractivity contribution is 6.30. The molecule has 0 fully saturated rings. The molecule has 0 radical (unpaired) electrons. The molecule has 0 saturated heterocycles. The van der Waals surface area contributed by atoms with Gasteiger partial charge in [-0.25, -0.2) is 0 Å². The van der Waals surface area contributed by atoms with Crippen LogP contribution >= 0.6 is 0 Å². The minimum absolute atomic E-state index is 0.337. The van der Waals surface area contributed by atoms with E-state index in [0.29, 0.717) is 6.42 Å². The van der Waals surface area contributed by atoms with Gasteiger partial charge in [-0.2, -0.15) is 0 Å². The van der Waals surface area contributed by atoms with E-state index in [1.54, 1.807) is 0 Å². The number of carboxylic acids is 1. The smallest absolute Gasteiger partial charge is 0.481 e. The van der Waals surface area contributed by atoms with Gasteiger partial charge in [-0.15, -0.1) is 0 Å². The molecule has 0 spiro atoms. The summed E-state index contributed by atoms with van der Waals surface area (Å²) >= 11 is 0. The van der Waals surface area contributed by atoms with Gasteiger partial charge in [-0.1, -0.05) is 32.6 Å². The number of rotatable bonds is 6. The molecule has 4 N–H and O–H groups in total. The second kappa shape index (κ2) is 12.4. The monoisotopic (exact) mass is 206 g/mol. The van der Waals surface area contributed by atoms with Crippen molar-refractivity contribution in [1.82, 2.24) is 0 Å². The van der Waals surface area contributed by atoms with Crippen molar-refractivity contribution in [3.05, 3.63) is 0 Å². The molecular formula is C8H19BO5. The van der Waals surface area contributed by atoms with Gasteiger partial charge in [0.25, 0.3) is 0 Å². The average molecular weight is 206 g/mol. The van der Waals surface area contributed by atoms with E-state index in [2.05, 4.69) is 6.92 Å². The van der Waals surface area contributed by atoms with E-state index in [9.17, 15) is 4.79 Å². The lowest BCUT2D eigenvalue weighted by Crippen LogP contribution is -2.07. The quantitative estimate of drug-likeness (QED) is 0.372. The van der Waals surface area contributed by atoms with Crippen molar-refractivity contribution in [2.45, 2.75) is 45.4 Å². The summed E-state index contributed by atoms with van der Waals surface area (Å²) in [5.74, 6) is -0.670. The standard InChI is InChI=1S/C8H16O2.BH3O3/c1-2-3-4-5-6-7-8(9)10;2-1(3)4/h2-7H2,1H3,(H,9,10);2-4H. The van der Waals surface area contributed by atoms with Crippen LogP contribution in [0.4, 0.5) is 0 Å². The summed E-state index contributed by atoms with van der Waals surface area (Å²) in [5.41, 5.74) is 0. The van der Waals surface area contributed by atoms with Crippen molar-refractivity contribution in [3.8, 4) is 0 Å². The molecule has 0 aliphatic carbocycles. The molecule has 0 unspecified atom stereocenters. The second-order valence-corrected chi connectivity index (χ2v) is 2.90. The molecule has 0 aromatic rings. The predicted octanol–water partition coefficient (Wildman–Crippen LogP) is 0.380. The number of carbonyl (C=O) groups is 1. The van der Waals surface area contributed by atoms with E-state index in [1.807, 2.05) is 0 Å². The summed E-state index contributed by atoms with van der Waals surface area (Å²) in [6.07, 6.45) is 5.88. The number of unbranched alkanes of at least 4 members (excludes halogenated alkanes) is 4. The van der Waals surface area contributed by atoms with Crippen LogP contribution in [0, 0.1) is 0 Å². The van der Waals surface area contributed by atoms with Gasteiger partial charge >= 0.3 is 13.3 Å². The molecule has 84 valence electrons. The Hall–Kier alpha value is -0.585. The predicted molar refractivity (Wildman–Crippen MR) is 53.4 cm³/mol. The molecule has 0 aliphatic rings. The summed E-state index contributed by atoms with van der Waals surface area (Å²) < 4.78 is 0. The normalized spacial score (nSPS) is 8.86. The van der Waals surface area contributed by atoms with Crippen LogP contribution in [0.15, 0.2) is 0 Å². The van der Waals surface area contributed by atoms with Crippen LogP contribution in [-0.4, -0.2) is 33.5 Å². The Labute approximate surface area is 84.6 Å². The first kappa shape index (κ1) is 15.9. The van der Waals surface area contributed by atoms with Crippen molar-refractivity contribution in [1.29, 1.82) is 0 Å². The lowest BCUT2D eigenvalue weighted by Gasteiger charge is -1.95. The summed E-state index contributed by atoms with van der Waals surface area (Å²) in [6, 6.07) is 0. The molecule has 0 amide bonds. The Morgan fingerprint density at radius 1 is 1.07 bits per heavy atom. The highest BCUT2D eigenvalue weighted by Gasteiger charge is 1.94. The number of hydrogen-bond donors (Lipinski definition) is 4. The molecule has 0 rings (SSSR count). The van der Waals surface area contributed by atoms with E-state index < -0.39 is 13.3 Å². The van der Waals surface area contributed by atoms with Crippen LogP contribution in [0.5, 0.6) is 0 Å². The van der Waals surface area contributed by atoms with Crippen LogP contribution < -0.4 is 0 Å². The fourth-order valence-corrected chi connectivity index (χ4v) is 0.880. The highest BCUT2D eigenvalue weighted by atomic mass is 16.5. The largest absolute Gasteiger partial charge is 0.631 e. The average Bonchev–Trinajstić information content (AvgIpc) is 2.02. The fourth-order valence-electron chi connectivity index (χ4n) is 0.880. The zero-order chi connectivity index (χ0) is 11.4. The van der Waals surface area contributed by atoms with Crippen LogP contribution in [0.2, 0.25) is 0 Å². The SMILES string of the molecule is CCCCCCCC(=O)O.OB(O)O. The Kier molecular flexibility index (Phi) is 14.1. The van der Waals surface area contributed by atoms with Crippen molar-refractivity contribution < 1.29 is 25.0 Å². The number of aliphatic carboxylic acids is 1. The fraction of sp³-hybridized carbons (Fsp3) is 0.875. The van der Waals surface area contributed by atoms with E-state index in [4.69, 9.17) is 20.2 Å². The van der Waals surface area contributed by atoms with Gasteiger partial charge in [0.15, 0.2) is 0 Å². The molecule has 0 atom stereocenters. The van der Waals surface area contributed by atoms with Crippen molar-refractivity contribution >= 4 is 13.3 Å². The third-order valence-corrected chi connectivity index (χ3v) is 1.49. The molecule has 6 heteroatoms. The zero-order valence-corrected chi connectivity index (χ0v) is 8.52. The highest BCUT2D eigenvalue weighted by Crippen LogP contribution is 2.04. The summed E-state index contributed by atoms with van der Waals surface area (Å²) in [7, 11) is -2.17. The van der Waals surface area contributed by atoms with Crippen LogP contribution in [0.3, 0.4) is 0 Å². The molecule has 14 heavy (non-hydrogen) atoms. The van der Waals surface area contributed by atoms with E-state index >= 15 is 0 Å². The van der Waals surface area contributed by atoms with Gasteiger partial charge in [-0.05, 0) is 6.42 Å². The number of hydrogen-bond acceptors (Lipinski definition) is 4. The Morgan fingerprint density at radius 3 is 1.86 bits per heavy atom. The summed E-state index contributed by atoms with van der Waals surface area (Å²) in [4.78, 5) is 10.0. The molecule has 0 aromatic heterocycles. The van der Waals surface area contributed by atoms with Gasteiger partial charge in [0.2, 0.25) is 0 Å². The first-order valence-corrected chi connectivity index (χ1v) is 4.76. The summed E-state index contributed by atoms with van der Waals surface area (Å²) in [5, 5.41) is 29.8. The van der Waals surface area contributed by atoms with E-state index in [-0.39, 0.29) is 0 Å². The van der Waals surface area contributed by atoms with Gasteiger partial charge in [0, 0.05) is 6.42 Å². The number of carboxylic acid groups (broad SMARTS) is 1. The molecule has 0 saturated carbocycles. The van der Waals surface area contributed by atoms with E-state index in [1.165, 1.54) is 19.3 Å². The molecule has 0 heterocycles. The second-order valence-electron chi connectivity index (χ2n) is 2.90. The van der Waals surface area contributed by atoms with Crippen molar-refractivity contribution in [2.24, 2.45) is 0 Å². The molecule has 5 nitrogen and oxygen atoms in total. The maximum atomic E-state index is 10.0. The van der Waals surface area contributed by atoms with Crippen LogP contribution in [0.1, 0.15) is 45.4 Å². The van der Waals surface area contributed by atoms with Crippen LogP contribution in [0.25, 0.3) is 0 Å². The Morgan fingerprint density at radius 2 is 1.50 bits per heavy atom. The maximum Gasteiger partial charge on any atom is 0.631 e. The Bertz CT molecular complexity index is 126. The minimum atomic E-state index is -2.17. The van der Waals surface area contributed by atoms with Crippen molar-refractivity contribution in [2.75, 3.05) is 0 Å². The third kappa shape index (κ3) is 30.1. The first-order valence-electron chi connectivity index (χ1n) is 4.76. The molecule has 0 aromatic carbocycles. The van der Waals surface area contributed by atoms with Gasteiger partial charge in [-0.3, -0.25) is 4.79 Å². The summed E-state index contributed by atoms with van der Waals surface area (Å²) in [6.45, 7) is 2.15. The first-order chi connectivity index (χ1) is 6.50. The van der Waals surface area contributed by atoms with E-state index in [0.717, 1.165) is 12.8 Å². The molecule has 0 bridgehead atoms. The maximum absolute atomic E-state index is 10.0. The third-order valence-electron chi connectivity index (χ3n) is 1.49. The Balaban J connectivity index is 0. The van der Waals surface area contributed by atoms with Gasteiger partial charge < -0.3 is 20.2 Å². The molecular weight excluding hydrogens is 187 g/mol. The zero-order valence-electron chi connectivity index (χ0n) is 8.52. The van der Waals surface area contributed by atoms with Crippen molar-refractivity contribution in [3.63, 3.8) is 0 Å². The lowest BCUT2D eigenvalue weighted by molar-refractivity contribution is -0.137. The topological polar surface area (TPSA) is 98.0 Å². The lowest BCUT2D eigenvalue weighted by atomic mass is 10.1.